The number of imide groups is 1. The summed E-state index contributed by atoms with van der Waals surface area (Å²) < 4.78 is 0. The second kappa shape index (κ2) is 10.4. The van der Waals surface area contributed by atoms with Crippen LogP contribution in [0.5, 0.6) is 0 Å². The Morgan fingerprint density at radius 3 is 2.40 bits per heavy atom. The number of urea groups is 1. The maximum Gasteiger partial charge on any atom is 0.325 e. The van der Waals surface area contributed by atoms with E-state index in [4.69, 9.17) is 0 Å². The smallest absolute Gasteiger partial charge is 0.325 e. The number of piperazine rings is 1. The highest BCUT2D eigenvalue weighted by molar-refractivity contribution is 6.09. The average Bonchev–Trinajstić information content (AvgIpc) is 3.07. The van der Waals surface area contributed by atoms with Gasteiger partial charge in [0.15, 0.2) is 0 Å². The molecule has 2 heterocycles. The summed E-state index contributed by atoms with van der Waals surface area (Å²) in [6.45, 7) is 8.23. The molecule has 9 nitrogen and oxygen atoms in total. The molecule has 2 N–H and O–H groups in total. The van der Waals surface area contributed by atoms with E-state index in [1.165, 1.54) is 0 Å². The van der Waals surface area contributed by atoms with Gasteiger partial charge in [0.1, 0.15) is 12.1 Å². The third kappa shape index (κ3) is 5.34. The van der Waals surface area contributed by atoms with E-state index >= 15 is 0 Å². The highest BCUT2D eigenvalue weighted by Crippen LogP contribution is 2.37. The lowest BCUT2D eigenvalue weighted by atomic mass is 9.75. The van der Waals surface area contributed by atoms with Gasteiger partial charge in [0.2, 0.25) is 11.8 Å². The van der Waals surface area contributed by atoms with Gasteiger partial charge in [-0.3, -0.25) is 24.2 Å². The Morgan fingerprint density at radius 2 is 1.74 bits per heavy atom. The van der Waals surface area contributed by atoms with Gasteiger partial charge in [-0.15, -0.1) is 0 Å². The lowest BCUT2D eigenvalue weighted by Gasteiger charge is -2.35. The van der Waals surface area contributed by atoms with Crippen LogP contribution in [0.25, 0.3) is 0 Å². The molecule has 0 unspecified atom stereocenters. The standard InChI is InChI=1S/C26H37N5O4/c1-4-20-8-10-26(11-9-20)24(34)31(25(35)28-26)17-23(33)30-14-12-29(13-15-30)16-22(32)27-21-7-5-6-18(2)19(21)3/h5-7,20H,4,8-17H2,1-3H3,(H,27,32)(H,28,35). The van der Waals surface area contributed by atoms with Crippen LogP contribution in [-0.2, 0) is 14.4 Å². The van der Waals surface area contributed by atoms with Crippen molar-refractivity contribution < 1.29 is 19.2 Å². The second-order valence-corrected chi connectivity index (χ2v) is 10.2. The highest BCUT2D eigenvalue weighted by atomic mass is 16.2. The molecule has 9 heteroatoms. The SMILES string of the molecule is CCC1CCC2(CC1)NC(=O)N(CC(=O)N1CCN(CC(=O)Nc3cccc(C)c3C)CC1)C2=O. The third-order valence-electron chi connectivity index (χ3n) is 8.05. The van der Waals surface area contributed by atoms with Crippen LogP contribution >= 0.6 is 0 Å². The zero-order valence-corrected chi connectivity index (χ0v) is 21.1. The molecule has 3 fully saturated rings. The number of carbonyl (C=O) groups excluding carboxylic acids is 4. The van der Waals surface area contributed by atoms with Crippen LogP contribution in [-0.4, -0.2) is 83.3 Å². The van der Waals surface area contributed by atoms with E-state index < -0.39 is 11.6 Å². The summed E-state index contributed by atoms with van der Waals surface area (Å²) in [5.41, 5.74) is 2.17. The highest BCUT2D eigenvalue weighted by Gasteiger charge is 2.52. The van der Waals surface area contributed by atoms with E-state index in [9.17, 15) is 19.2 Å². The first-order valence-corrected chi connectivity index (χ1v) is 12.7. The minimum atomic E-state index is -0.829. The molecular formula is C26H37N5O4. The monoisotopic (exact) mass is 483 g/mol. The van der Waals surface area contributed by atoms with E-state index in [1.54, 1.807) is 4.90 Å². The van der Waals surface area contributed by atoms with E-state index in [0.29, 0.717) is 44.9 Å². The minimum absolute atomic E-state index is 0.0825. The van der Waals surface area contributed by atoms with Gasteiger partial charge in [0.25, 0.3) is 5.91 Å². The van der Waals surface area contributed by atoms with Crippen molar-refractivity contribution in [1.29, 1.82) is 0 Å². The van der Waals surface area contributed by atoms with Crippen molar-refractivity contribution in [2.75, 3.05) is 44.6 Å². The molecule has 4 rings (SSSR count). The lowest BCUT2D eigenvalue weighted by Crippen LogP contribution is -2.53. The number of aryl methyl sites for hydroxylation is 1. The Hall–Kier alpha value is -2.94. The molecule has 0 bridgehead atoms. The number of nitrogens with zero attached hydrogens (tertiary/aromatic N) is 3. The van der Waals surface area contributed by atoms with Crippen molar-refractivity contribution in [3.63, 3.8) is 0 Å². The Balaban J connectivity index is 1.25. The first-order valence-electron chi connectivity index (χ1n) is 12.7. The largest absolute Gasteiger partial charge is 0.339 e. The molecule has 35 heavy (non-hydrogen) atoms. The topological polar surface area (TPSA) is 102 Å². The zero-order chi connectivity index (χ0) is 25.2. The Labute approximate surface area is 207 Å². The summed E-state index contributed by atoms with van der Waals surface area (Å²) in [6.07, 6.45) is 4.21. The molecule has 1 aromatic rings. The van der Waals surface area contributed by atoms with Crippen LogP contribution in [0, 0.1) is 19.8 Å². The summed E-state index contributed by atoms with van der Waals surface area (Å²) in [6, 6.07) is 5.37. The van der Waals surface area contributed by atoms with Gasteiger partial charge in [-0.2, -0.15) is 0 Å². The number of benzene rings is 1. The number of rotatable bonds is 6. The van der Waals surface area contributed by atoms with Gasteiger partial charge >= 0.3 is 6.03 Å². The molecule has 0 radical (unpaired) electrons. The van der Waals surface area contributed by atoms with Crippen molar-refractivity contribution in [2.45, 2.75) is 58.4 Å². The van der Waals surface area contributed by atoms with Crippen molar-refractivity contribution in [3.8, 4) is 0 Å². The summed E-state index contributed by atoms with van der Waals surface area (Å²) in [5, 5.41) is 5.87. The van der Waals surface area contributed by atoms with Crippen LogP contribution in [0.3, 0.4) is 0 Å². The zero-order valence-electron chi connectivity index (χ0n) is 21.1. The van der Waals surface area contributed by atoms with Gasteiger partial charge in [0, 0.05) is 31.9 Å². The number of hydrogen-bond acceptors (Lipinski definition) is 5. The molecule has 2 saturated heterocycles. The van der Waals surface area contributed by atoms with Gasteiger partial charge in [-0.25, -0.2) is 4.79 Å². The Morgan fingerprint density at radius 1 is 1.06 bits per heavy atom. The molecule has 2 aliphatic heterocycles. The summed E-state index contributed by atoms with van der Waals surface area (Å²) in [4.78, 5) is 55.9. The van der Waals surface area contributed by atoms with Crippen LogP contribution in [0.2, 0.25) is 0 Å². The van der Waals surface area contributed by atoms with Crippen LogP contribution in [0.4, 0.5) is 10.5 Å². The first kappa shape index (κ1) is 25.2. The van der Waals surface area contributed by atoms with Crippen LogP contribution in [0.15, 0.2) is 18.2 Å². The molecule has 5 amide bonds. The normalized spacial score (nSPS) is 25.2. The lowest BCUT2D eigenvalue weighted by molar-refractivity contribution is -0.140. The van der Waals surface area contributed by atoms with E-state index in [-0.39, 0.29) is 30.8 Å². The fraction of sp³-hybridized carbons (Fsp3) is 0.615. The molecule has 0 atom stereocenters. The molecule has 0 aromatic heterocycles. The molecule has 190 valence electrons. The average molecular weight is 484 g/mol. The van der Waals surface area contributed by atoms with Crippen molar-refractivity contribution >= 4 is 29.4 Å². The second-order valence-electron chi connectivity index (χ2n) is 10.2. The van der Waals surface area contributed by atoms with Crippen molar-refractivity contribution in [2.24, 2.45) is 5.92 Å². The van der Waals surface area contributed by atoms with Gasteiger partial charge in [-0.1, -0.05) is 25.5 Å². The summed E-state index contributed by atoms with van der Waals surface area (Å²) >= 11 is 0. The van der Waals surface area contributed by atoms with Gasteiger partial charge < -0.3 is 15.5 Å². The fourth-order valence-corrected chi connectivity index (χ4v) is 5.41. The number of hydrogen-bond donors (Lipinski definition) is 2. The first-order chi connectivity index (χ1) is 16.7. The molecule has 1 aliphatic carbocycles. The fourth-order valence-electron chi connectivity index (χ4n) is 5.41. The summed E-state index contributed by atoms with van der Waals surface area (Å²) in [5.74, 6) is 0.0283. The Bertz CT molecular complexity index is 993. The van der Waals surface area contributed by atoms with E-state index in [1.807, 2.05) is 36.9 Å². The Kier molecular flexibility index (Phi) is 7.44. The molecule has 3 aliphatic rings. The molecular weight excluding hydrogens is 446 g/mol. The minimum Gasteiger partial charge on any atom is -0.339 e. The summed E-state index contributed by atoms with van der Waals surface area (Å²) in [7, 11) is 0. The van der Waals surface area contributed by atoms with Crippen LogP contribution in [0.1, 0.15) is 50.2 Å². The number of nitrogens with one attached hydrogen (secondary N) is 2. The maximum absolute atomic E-state index is 13.1. The molecule has 1 aromatic carbocycles. The van der Waals surface area contributed by atoms with Gasteiger partial charge in [0.05, 0.1) is 6.54 Å². The number of carbonyl (C=O) groups is 4. The predicted molar refractivity (Wildman–Crippen MR) is 133 cm³/mol. The van der Waals surface area contributed by atoms with E-state index in [0.717, 1.165) is 41.0 Å². The number of anilines is 1. The van der Waals surface area contributed by atoms with Crippen LogP contribution < -0.4 is 10.6 Å². The van der Waals surface area contributed by atoms with Crippen molar-refractivity contribution in [1.82, 2.24) is 20.0 Å². The maximum atomic E-state index is 13.1. The quantitative estimate of drug-likeness (QED) is 0.605. The molecule has 1 saturated carbocycles. The van der Waals surface area contributed by atoms with Crippen molar-refractivity contribution in [3.05, 3.63) is 29.3 Å². The van der Waals surface area contributed by atoms with E-state index in [2.05, 4.69) is 17.6 Å². The van der Waals surface area contributed by atoms with Gasteiger partial charge in [-0.05, 0) is 62.6 Å². The number of amides is 5. The molecule has 1 spiro atoms. The predicted octanol–water partition coefficient (Wildman–Crippen LogP) is 2.28. The third-order valence-corrected chi connectivity index (χ3v) is 8.05.